The summed E-state index contributed by atoms with van der Waals surface area (Å²) in [5, 5.41) is 11.6. The number of benzene rings is 1. The number of rotatable bonds is 4. The van der Waals surface area contributed by atoms with Crippen molar-refractivity contribution in [1.29, 1.82) is 0 Å². The van der Waals surface area contributed by atoms with E-state index in [1.807, 2.05) is 0 Å². The number of amides is 2. The summed E-state index contributed by atoms with van der Waals surface area (Å²) >= 11 is 0. The summed E-state index contributed by atoms with van der Waals surface area (Å²) in [4.78, 5) is 13.5. The van der Waals surface area contributed by atoms with Gasteiger partial charge >= 0.3 is 12.2 Å². The Morgan fingerprint density at radius 3 is 2.46 bits per heavy atom. The first kappa shape index (κ1) is 18.4. The highest BCUT2D eigenvalue weighted by Crippen LogP contribution is 2.34. The van der Waals surface area contributed by atoms with Gasteiger partial charge in [-0.05, 0) is 31.0 Å². The number of hydrogen-bond acceptors (Lipinski definition) is 3. The molecule has 2 amide bonds. The van der Waals surface area contributed by atoms with Crippen LogP contribution in [0.2, 0.25) is 0 Å². The zero-order valence-corrected chi connectivity index (χ0v) is 13.5. The SMILES string of the molecule is COc1ccc([C@H](NC(=O)N2CC[C@@H]([C@@H](C)O)C2)C(F)(F)F)cc1. The molecule has 8 heteroatoms. The molecule has 134 valence electrons. The molecule has 1 fully saturated rings. The van der Waals surface area contributed by atoms with Crippen LogP contribution in [0.15, 0.2) is 24.3 Å². The van der Waals surface area contributed by atoms with Crippen LogP contribution in [0.25, 0.3) is 0 Å². The number of hydrogen-bond donors (Lipinski definition) is 2. The smallest absolute Gasteiger partial charge is 0.412 e. The zero-order chi connectivity index (χ0) is 17.9. The standard InChI is InChI=1S/C16H21F3N2O3/c1-10(22)12-7-8-21(9-12)15(23)20-14(16(17,18)19)11-3-5-13(24-2)6-4-11/h3-6,10,12,14,22H,7-9H2,1-2H3,(H,20,23)/t10-,12-,14+/m1/s1. The van der Waals surface area contributed by atoms with E-state index in [4.69, 9.17) is 4.74 Å². The van der Waals surface area contributed by atoms with Crippen LogP contribution in [0.1, 0.15) is 24.9 Å². The van der Waals surface area contributed by atoms with Crippen LogP contribution in [0.4, 0.5) is 18.0 Å². The quantitative estimate of drug-likeness (QED) is 0.881. The van der Waals surface area contributed by atoms with Gasteiger partial charge in [0.2, 0.25) is 0 Å². The largest absolute Gasteiger partial charge is 0.497 e. The third-order valence-electron chi connectivity index (χ3n) is 4.24. The molecule has 0 unspecified atom stereocenters. The van der Waals surface area contributed by atoms with Crippen molar-refractivity contribution in [2.75, 3.05) is 20.2 Å². The first-order valence-electron chi connectivity index (χ1n) is 7.66. The molecule has 0 saturated carbocycles. The number of halogens is 3. The van der Waals surface area contributed by atoms with Crippen LogP contribution < -0.4 is 10.1 Å². The van der Waals surface area contributed by atoms with E-state index in [1.165, 1.54) is 36.3 Å². The Bertz CT molecular complexity index is 561. The van der Waals surface area contributed by atoms with E-state index in [0.29, 0.717) is 18.7 Å². The number of carbonyl (C=O) groups excluding carboxylic acids is 1. The van der Waals surface area contributed by atoms with Crippen molar-refractivity contribution in [3.8, 4) is 5.75 Å². The fraction of sp³-hybridized carbons (Fsp3) is 0.562. The average molecular weight is 346 g/mol. The molecule has 0 aliphatic carbocycles. The van der Waals surface area contributed by atoms with Crippen LogP contribution in [-0.4, -0.2) is 48.5 Å². The highest BCUT2D eigenvalue weighted by atomic mass is 19.4. The number of carbonyl (C=O) groups is 1. The highest BCUT2D eigenvalue weighted by molar-refractivity contribution is 5.75. The molecule has 5 nitrogen and oxygen atoms in total. The Kier molecular flexibility index (Phi) is 5.58. The van der Waals surface area contributed by atoms with Crippen LogP contribution in [0.3, 0.4) is 0 Å². The average Bonchev–Trinajstić information content (AvgIpc) is 3.02. The fourth-order valence-electron chi connectivity index (χ4n) is 2.73. The Hall–Kier alpha value is -1.96. The third-order valence-corrected chi connectivity index (χ3v) is 4.24. The third kappa shape index (κ3) is 4.31. The van der Waals surface area contributed by atoms with E-state index < -0.39 is 24.4 Å². The summed E-state index contributed by atoms with van der Waals surface area (Å²) in [7, 11) is 1.42. The number of alkyl halides is 3. The van der Waals surface area contributed by atoms with Crippen molar-refractivity contribution >= 4 is 6.03 Å². The molecular formula is C16H21F3N2O3. The first-order chi connectivity index (χ1) is 11.2. The van der Waals surface area contributed by atoms with E-state index in [1.54, 1.807) is 6.92 Å². The molecule has 1 aliphatic rings. The topological polar surface area (TPSA) is 61.8 Å². The highest BCUT2D eigenvalue weighted by Gasteiger charge is 2.43. The van der Waals surface area contributed by atoms with Gasteiger partial charge in [0.1, 0.15) is 5.75 Å². The number of aliphatic hydroxyl groups is 1. The second-order valence-electron chi connectivity index (χ2n) is 5.93. The number of methoxy groups -OCH3 is 1. The van der Waals surface area contributed by atoms with Crippen LogP contribution in [-0.2, 0) is 0 Å². The zero-order valence-electron chi connectivity index (χ0n) is 13.5. The summed E-state index contributed by atoms with van der Waals surface area (Å²) in [5.74, 6) is 0.325. The minimum absolute atomic E-state index is 0.0667. The van der Waals surface area contributed by atoms with Gasteiger partial charge in [-0.2, -0.15) is 13.2 Å². The molecule has 2 N–H and O–H groups in total. The number of ether oxygens (including phenoxy) is 1. The van der Waals surface area contributed by atoms with Crippen molar-refractivity contribution < 1.29 is 27.8 Å². The van der Waals surface area contributed by atoms with E-state index >= 15 is 0 Å². The Morgan fingerprint density at radius 2 is 2.00 bits per heavy atom. The maximum atomic E-state index is 13.3. The Morgan fingerprint density at radius 1 is 1.38 bits per heavy atom. The molecule has 0 radical (unpaired) electrons. The summed E-state index contributed by atoms with van der Waals surface area (Å²) in [5.41, 5.74) is -0.0667. The van der Waals surface area contributed by atoms with Gasteiger partial charge in [-0.3, -0.25) is 0 Å². The van der Waals surface area contributed by atoms with E-state index in [0.717, 1.165) is 0 Å². The molecule has 1 saturated heterocycles. The van der Waals surface area contributed by atoms with Crippen molar-refractivity contribution in [2.45, 2.75) is 31.7 Å². The second-order valence-corrected chi connectivity index (χ2v) is 5.93. The summed E-state index contributed by atoms with van der Waals surface area (Å²) in [6.45, 7) is 2.19. The van der Waals surface area contributed by atoms with Gasteiger partial charge in [0, 0.05) is 19.0 Å². The van der Waals surface area contributed by atoms with Gasteiger partial charge in [-0.1, -0.05) is 12.1 Å². The Labute approximate surface area is 138 Å². The van der Waals surface area contributed by atoms with Gasteiger partial charge in [-0.15, -0.1) is 0 Å². The summed E-state index contributed by atoms with van der Waals surface area (Å²) < 4.78 is 44.9. The first-order valence-corrected chi connectivity index (χ1v) is 7.66. The normalized spacial score (nSPS) is 20.6. The molecule has 1 aliphatic heterocycles. The van der Waals surface area contributed by atoms with Gasteiger partial charge in [0.25, 0.3) is 0 Å². The number of nitrogens with one attached hydrogen (secondary N) is 1. The molecule has 3 atom stereocenters. The predicted octanol–water partition coefficient (Wildman–Crippen LogP) is 2.71. The molecule has 0 aromatic heterocycles. The number of urea groups is 1. The van der Waals surface area contributed by atoms with Gasteiger partial charge < -0.3 is 20.1 Å². The number of likely N-dealkylation sites (tertiary alicyclic amines) is 1. The van der Waals surface area contributed by atoms with Crippen molar-refractivity contribution in [3.05, 3.63) is 29.8 Å². The Balaban J connectivity index is 2.10. The minimum atomic E-state index is -4.62. The van der Waals surface area contributed by atoms with E-state index in [9.17, 15) is 23.1 Å². The monoisotopic (exact) mass is 346 g/mol. The van der Waals surface area contributed by atoms with E-state index in [-0.39, 0.29) is 18.0 Å². The molecule has 2 rings (SSSR count). The lowest BCUT2D eigenvalue weighted by atomic mass is 10.0. The summed E-state index contributed by atoms with van der Waals surface area (Å²) in [6, 6.07) is 2.51. The van der Waals surface area contributed by atoms with Crippen LogP contribution in [0.5, 0.6) is 5.75 Å². The van der Waals surface area contributed by atoms with E-state index in [2.05, 4.69) is 5.32 Å². The molecule has 0 bridgehead atoms. The predicted molar refractivity (Wildman–Crippen MR) is 81.7 cm³/mol. The number of aliphatic hydroxyl groups excluding tert-OH is 1. The molecule has 0 spiro atoms. The fourth-order valence-corrected chi connectivity index (χ4v) is 2.73. The molecular weight excluding hydrogens is 325 g/mol. The van der Waals surface area contributed by atoms with Gasteiger partial charge in [-0.25, -0.2) is 4.79 Å². The number of nitrogens with zero attached hydrogens (tertiary/aromatic N) is 1. The molecule has 1 aromatic rings. The molecule has 24 heavy (non-hydrogen) atoms. The van der Waals surface area contributed by atoms with Crippen LogP contribution in [0, 0.1) is 5.92 Å². The molecule has 1 heterocycles. The van der Waals surface area contributed by atoms with Gasteiger partial charge in [0.15, 0.2) is 6.04 Å². The maximum Gasteiger partial charge on any atom is 0.412 e. The lowest BCUT2D eigenvalue weighted by molar-refractivity contribution is -0.155. The van der Waals surface area contributed by atoms with Gasteiger partial charge in [0.05, 0.1) is 13.2 Å². The van der Waals surface area contributed by atoms with Crippen LogP contribution >= 0.6 is 0 Å². The lowest BCUT2D eigenvalue weighted by Gasteiger charge is -2.26. The van der Waals surface area contributed by atoms with Crippen molar-refractivity contribution in [3.63, 3.8) is 0 Å². The van der Waals surface area contributed by atoms with Crippen molar-refractivity contribution in [1.82, 2.24) is 10.2 Å². The second kappa shape index (κ2) is 7.29. The minimum Gasteiger partial charge on any atom is -0.497 e. The summed E-state index contributed by atoms with van der Waals surface area (Å²) in [6.07, 6.45) is -4.64. The lowest BCUT2D eigenvalue weighted by Crippen LogP contribution is -2.45. The van der Waals surface area contributed by atoms with Crippen molar-refractivity contribution in [2.24, 2.45) is 5.92 Å². The molecule has 1 aromatic carbocycles. The maximum absolute atomic E-state index is 13.3.